The van der Waals surface area contributed by atoms with Crippen LogP contribution in [0.5, 0.6) is 5.75 Å². The van der Waals surface area contributed by atoms with Gasteiger partial charge in [0.2, 0.25) is 0 Å². The number of methoxy groups -OCH3 is 1. The van der Waals surface area contributed by atoms with E-state index in [-0.39, 0.29) is 6.04 Å². The minimum atomic E-state index is 0.229. The van der Waals surface area contributed by atoms with Gasteiger partial charge in [-0.1, -0.05) is 35.9 Å². The maximum absolute atomic E-state index is 6.29. The van der Waals surface area contributed by atoms with Gasteiger partial charge in [-0.15, -0.1) is 0 Å². The predicted octanol–water partition coefficient (Wildman–Crippen LogP) is 5.98. The maximum Gasteiger partial charge on any atom is 0.118 e. The molecule has 0 radical (unpaired) electrons. The molecular weight excluding hydrogens is 422 g/mol. The van der Waals surface area contributed by atoms with Crippen LogP contribution in [0, 0.1) is 0 Å². The van der Waals surface area contributed by atoms with Gasteiger partial charge in [-0.2, -0.15) is 0 Å². The van der Waals surface area contributed by atoms with Gasteiger partial charge in [-0.25, -0.2) is 4.98 Å². The normalized spacial score (nSPS) is 15.0. The molecule has 162 valence electrons. The van der Waals surface area contributed by atoms with Crippen molar-refractivity contribution < 1.29 is 9.47 Å². The number of imidazole rings is 1. The summed E-state index contributed by atoms with van der Waals surface area (Å²) in [7, 11) is 1.67. The van der Waals surface area contributed by atoms with Crippen LogP contribution in [0.3, 0.4) is 0 Å². The average Bonchev–Trinajstić information content (AvgIpc) is 3.40. The fourth-order valence-electron chi connectivity index (χ4n) is 4.29. The van der Waals surface area contributed by atoms with Gasteiger partial charge >= 0.3 is 0 Å². The molecule has 0 fully saturated rings. The van der Waals surface area contributed by atoms with E-state index >= 15 is 0 Å². The highest BCUT2D eigenvalue weighted by molar-refractivity contribution is 6.30. The highest BCUT2D eigenvalue weighted by atomic mass is 35.5. The molecule has 5 rings (SSSR count). The Bertz CT molecular complexity index is 1210. The first-order valence-electron chi connectivity index (χ1n) is 10.7. The number of halogens is 1. The van der Waals surface area contributed by atoms with E-state index in [0.717, 1.165) is 52.5 Å². The Hall–Kier alpha value is -3.15. The molecule has 1 atom stereocenters. The van der Waals surface area contributed by atoms with Crippen molar-refractivity contribution in [3.63, 3.8) is 0 Å². The molecule has 2 aromatic carbocycles. The molecule has 0 N–H and O–H groups in total. The van der Waals surface area contributed by atoms with E-state index in [0.29, 0.717) is 18.2 Å². The molecule has 4 aromatic rings. The molecule has 0 bridgehead atoms. The summed E-state index contributed by atoms with van der Waals surface area (Å²) in [5.74, 6) is 1.94. The molecule has 6 heteroatoms. The molecule has 0 saturated carbocycles. The van der Waals surface area contributed by atoms with Gasteiger partial charge in [0, 0.05) is 35.0 Å². The topological polar surface area (TPSA) is 49.2 Å². The summed E-state index contributed by atoms with van der Waals surface area (Å²) in [6.45, 7) is 1.19. The van der Waals surface area contributed by atoms with Crippen LogP contribution in [0.1, 0.15) is 23.9 Å². The fourth-order valence-corrected chi connectivity index (χ4v) is 4.48. The largest absolute Gasteiger partial charge is 0.497 e. The standard InChI is InChI=1S/C26H24ClN3O2/c1-31-23-8-5-18(6-9-23)16-32-17-22-7-10-24-29-25(20-3-2-4-21(27)15-20)26(30(22)24)19-11-13-28-14-12-19/h2-6,8-9,11-15,22H,7,10,16-17H2,1H3. The Morgan fingerprint density at radius 1 is 1.03 bits per heavy atom. The molecule has 1 aliphatic heterocycles. The highest BCUT2D eigenvalue weighted by Gasteiger charge is 2.30. The number of fused-ring (bicyclic) bond motifs is 1. The number of pyridine rings is 1. The van der Waals surface area contributed by atoms with Gasteiger partial charge < -0.3 is 14.0 Å². The van der Waals surface area contributed by atoms with Crippen LogP contribution in [0.2, 0.25) is 5.02 Å². The second kappa shape index (κ2) is 9.15. The van der Waals surface area contributed by atoms with Crippen LogP contribution >= 0.6 is 11.6 Å². The van der Waals surface area contributed by atoms with Gasteiger partial charge in [-0.05, 0) is 48.4 Å². The molecule has 1 aliphatic rings. The Labute approximate surface area is 192 Å². The number of hydrogen-bond donors (Lipinski definition) is 0. The second-order valence-corrected chi connectivity index (χ2v) is 8.33. The number of rotatable bonds is 7. The quantitative estimate of drug-likeness (QED) is 0.351. The van der Waals surface area contributed by atoms with E-state index in [1.807, 2.05) is 67.0 Å². The summed E-state index contributed by atoms with van der Waals surface area (Å²) in [4.78, 5) is 9.22. The number of aryl methyl sites for hydroxylation is 1. The first-order chi connectivity index (χ1) is 15.7. The summed E-state index contributed by atoms with van der Waals surface area (Å²) in [5, 5.41) is 0.704. The summed E-state index contributed by atoms with van der Waals surface area (Å²) >= 11 is 6.29. The zero-order valence-electron chi connectivity index (χ0n) is 17.9. The van der Waals surface area contributed by atoms with Gasteiger partial charge in [0.05, 0.1) is 37.8 Å². The number of hydrogen-bond acceptors (Lipinski definition) is 4. The van der Waals surface area contributed by atoms with E-state index in [2.05, 4.69) is 15.6 Å². The van der Waals surface area contributed by atoms with Crippen molar-refractivity contribution in [1.29, 1.82) is 0 Å². The molecule has 1 unspecified atom stereocenters. The Kier molecular flexibility index (Phi) is 5.93. The molecule has 0 saturated heterocycles. The third-order valence-electron chi connectivity index (χ3n) is 5.84. The third kappa shape index (κ3) is 4.14. The van der Waals surface area contributed by atoms with Crippen LogP contribution in [0.15, 0.2) is 73.1 Å². The number of nitrogens with zero attached hydrogens (tertiary/aromatic N) is 3. The first-order valence-corrected chi connectivity index (χ1v) is 11.1. The predicted molar refractivity (Wildman–Crippen MR) is 126 cm³/mol. The molecule has 3 heterocycles. The third-order valence-corrected chi connectivity index (χ3v) is 6.08. The van der Waals surface area contributed by atoms with E-state index in [9.17, 15) is 0 Å². The Morgan fingerprint density at radius 3 is 2.59 bits per heavy atom. The van der Waals surface area contributed by atoms with E-state index < -0.39 is 0 Å². The number of ether oxygens (including phenoxy) is 2. The zero-order chi connectivity index (χ0) is 21.9. The molecule has 2 aromatic heterocycles. The van der Waals surface area contributed by atoms with Crippen LogP contribution in [-0.2, 0) is 17.8 Å². The van der Waals surface area contributed by atoms with Crippen molar-refractivity contribution in [2.75, 3.05) is 13.7 Å². The highest BCUT2D eigenvalue weighted by Crippen LogP contribution is 2.40. The SMILES string of the molecule is COc1ccc(COCC2CCc3nc(-c4cccc(Cl)c4)c(-c4ccncc4)n32)cc1. The lowest BCUT2D eigenvalue weighted by atomic mass is 10.0. The molecule has 0 spiro atoms. The average molecular weight is 446 g/mol. The number of benzene rings is 2. The Balaban J connectivity index is 1.43. The van der Waals surface area contributed by atoms with Crippen molar-refractivity contribution in [2.24, 2.45) is 0 Å². The lowest BCUT2D eigenvalue weighted by Crippen LogP contribution is -2.13. The maximum atomic E-state index is 6.29. The fraction of sp³-hybridized carbons (Fsp3) is 0.231. The monoisotopic (exact) mass is 445 g/mol. The lowest BCUT2D eigenvalue weighted by Gasteiger charge is -2.18. The minimum absolute atomic E-state index is 0.229. The van der Waals surface area contributed by atoms with Crippen LogP contribution in [0.4, 0.5) is 0 Å². The van der Waals surface area contributed by atoms with Crippen molar-refractivity contribution in [2.45, 2.75) is 25.5 Å². The summed E-state index contributed by atoms with van der Waals surface area (Å²) in [5.41, 5.74) is 5.29. The van der Waals surface area contributed by atoms with Crippen molar-refractivity contribution >= 4 is 11.6 Å². The van der Waals surface area contributed by atoms with Gasteiger partial charge in [0.1, 0.15) is 11.6 Å². The van der Waals surface area contributed by atoms with Crippen LogP contribution in [0.25, 0.3) is 22.5 Å². The minimum Gasteiger partial charge on any atom is -0.497 e. The Morgan fingerprint density at radius 2 is 1.84 bits per heavy atom. The molecule has 0 aliphatic carbocycles. The van der Waals surface area contributed by atoms with Crippen LogP contribution < -0.4 is 4.74 Å². The first kappa shape index (κ1) is 20.7. The second-order valence-electron chi connectivity index (χ2n) is 7.90. The lowest BCUT2D eigenvalue weighted by molar-refractivity contribution is 0.0925. The van der Waals surface area contributed by atoms with Gasteiger partial charge in [0.25, 0.3) is 0 Å². The molecule has 32 heavy (non-hydrogen) atoms. The van der Waals surface area contributed by atoms with Crippen molar-refractivity contribution in [3.05, 3.63) is 89.5 Å². The van der Waals surface area contributed by atoms with E-state index in [1.54, 1.807) is 7.11 Å². The van der Waals surface area contributed by atoms with E-state index in [4.69, 9.17) is 26.1 Å². The molecule has 5 nitrogen and oxygen atoms in total. The summed E-state index contributed by atoms with van der Waals surface area (Å²) < 4.78 is 13.7. The molecular formula is C26H24ClN3O2. The summed E-state index contributed by atoms with van der Waals surface area (Å²) in [6, 6.07) is 20.2. The van der Waals surface area contributed by atoms with Crippen molar-refractivity contribution in [1.82, 2.24) is 14.5 Å². The van der Waals surface area contributed by atoms with Gasteiger partial charge in [0.15, 0.2) is 0 Å². The summed E-state index contributed by atoms with van der Waals surface area (Å²) in [6.07, 6.45) is 5.58. The van der Waals surface area contributed by atoms with E-state index in [1.165, 1.54) is 0 Å². The van der Waals surface area contributed by atoms with Crippen molar-refractivity contribution in [3.8, 4) is 28.3 Å². The molecule has 0 amide bonds. The van der Waals surface area contributed by atoms with Gasteiger partial charge in [-0.3, -0.25) is 4.98 Å². The zero-order valence-corrected chi connectivity index (χ0v) is 18.6. The number of aromatic nitrogens is 3. The smallest absolute Gasteiger partial charge is 0.118 e. The van der Waals surface area contributed by atoms with Crippen LogP contribution in [-0.4, -0.2) is 28.3 Å².